The molecule has 0 fully saturated rings. The average Bonchev–Trinajstić information content (AvgIpc) is 2.41. The van der Waals surface area contributed by atoms with Gasteiger partial charge in [0.05, 0.1) is 17.5 Å². The maximum absolute atomic E-state index is 9.71. The minimum Gasteiger partial charge on any atom is -0.507 e. The number of benzene rings is 2. The first-order valence-electron chi connectivity index (χ1n) is 5.60. The highest BCUT2D eigenvalue weighted by atomic mass is 35.5. The van der Waals surface area contributed by atoms with Gasteiger partial charge in [-0.15, -0.1) is 0 Å². The first-order chi connectivity index (χ1) is 9.58. The SMILES string of the molecule is Oc1ccccc1C=NN=Cc1cc(Cl)cc(Cl)c1O. The molecular weight excluding hydrogens is 299 g/mol. The van der Waals surface area contributed by atoms with Gasteiger partial charge in [0.15, 0.2) is 0 Å². The van der Waals surface area contributed by atoms with E-state index in [0.717, 1.165) is 0 Å². The zero-order valence-corrected chi connectivity index (χ0v) is 11.7. The lowest BCUT2D eigenvalue weighted by Gasteiger charge is -2.01. The van der Waals surface area contributed by atoms with E-state index in [-0.39, 0.29) is 16.5 Å². The van der Waals surface area contributed by atoms with Crippen LogP contribution in [-0.4, -0.2) is 22.6 Å². The Morgan fingerprint density at radius 1 is 0.900 bits per heavy atom. The lowest BCUT2D eigenvalue weighted by atomic mass is 10.2. The van der Waals surface area contributed by atoms with Gasteiger partial charge in [-0.1, -0.05) is 35.3 Å². The van der Waals surface area contributed by atoms with Crippen LogP contribution in [0.1, 0.15) is 11.1 Å². The van der Waals surface area contributed by atoms with Crippen LogP contribution in [0.25, 0.3) is 0 Å². The first kappa shape index (κ1) is 14.4. The van der Waals surface area contributed by atoms with E-state index in [1.165, 1.54) is 24.6 Å². The quantitative estimate of drug-likeness (QED) is 0.668. The molecule has 4 nitrogen and oxygen atoms in total. The van der Waals surface area contributed by atoms with Crippen LogP contribution in [0, 0.1) is 0 Å². The van der Waals surface area contributed by atoms with Crippen molar-refractivity contribution < 1.29 is 10.2 Å². The van der Waals surface area contributed by atoms with Crippen LogP contribution in [-0.2, 0) is 0 Å². The molecule has 2 aromatic carbocycles. The zero-order valence-electron chi connectivity index (χ0n) is 10.2. The lowest BCUT2D eigenvalue weighted by Crippen LogP contribution is -1.84. The Labute approximate surface area is 125 Å². The summed E-state index contributed by atoms with van der Waals surface area (Å²) >= 11 is 11.6. The van der Waals surface area contributed by atoms with Gasteiger partial charge in [0.25, 0.3) is 0 Å². The Bertz CT molecular complexity index is 685. The van der Waals surface area contributed by atoms with Crippen LogP contribution in [0.2, 0.25) is 10.0 Å². The van der Waals surface area contributed by atoms with E-state index in [0.29, 0.717) is 16.1 Å². The number of nitrogens with zero attached hydrogens (tertiary/aromatic N) is 2. The number of phenols is 2. The molecule has 0 radical (unpaired) electrons. The molecule has 102 valence electrons. The third-order valence-corrected chi connectivity index (χ3v) is 2.96. The molecule has 2 N–H and O–H groups in total. The van der Waals surface area contributed by atoms with E-state index in [1.807, 2.05) is 0 Å². The normalized spacial score (nSPS) is 11.5. The summed E-state index contributed by atoms with van der Waals surface area (Å²) in [5.74, 6) is -0.00216. The number of rotatable bonds is 3. The monoisotopic (exact) mass is 308 g/mol. The summed E-state index contributed by atoms with van der Waals surface area (Å²) in [6, 6.07) is 9.67. The van der Waals surface area contributed by atoms with Crippen LogP contribution in [0.15, 0.2) is 46.6 Å². The fourth-order valence-corrected chi connectivity index (χ4v) is 1.98. The van der Waals surface area contributed by atoms with E-state index >= 15 is 0 Å². The van der Waals surface area contributed by atoms with Gasteiger partial charge in [0.1, 0.15) is 11.5 Å². The van der Waals surface area contributed by atoms with Gasteiger partial charge in [-0.25, -0.2) is 0 Å². The molecule has 0 aliphatic rings. The Kier molecular flexibility index (Phi) is 4.61. The number of halogens is 2. The Balaban J connectivity index is 2.17. The van der Waals surface area contributed by atoms with Crippen molar-refractivity contribution in [2.45, 2.75) is 0 Å². The van der Waals surface area contributed by atoms with Crippen LogP contribution < -0.4 is 0 Å². The highest BCUT2D eigenvalue weighted by Gasteiger charge is 2.05. The fourth-order valence-electron chi connectivity index (χ4n) is 1.47. The van der Waals surface area contributed by atoms with Crippen LogP contribution >= 0.6 is 23.2 Å². The minimum atomic E-state index is -0.113. The molecule has 0 aromatic heterocycles. The highest BCUT2D eigenvalue weighted by molar-refractivity contribution is 6.36. The number of hydrogen-bond donors (Lipinski definition) is 2. The van der Waals surface area contributed by atoms with Gasteiger partial charge < -0.3 is 10.2 Å². The van der Waals surface area contributed by atoms with Crippen molar-refractivity contribution in [3.8, 4) is 11.5 Å². The van der Waals surface area contributed by atoms with Crippen LogP contribution in [0.4, 0.5) is 0 Å². The Morgan fingerprint density at radius 3 is 2.25 bits per heavy atom. The molecule has 0 atom stereocenters. The highest BCUT2D eigenvalue weighted by Crippen LogP contribution is 2.29. The smallest absolute Gasteiger partial charge is 0.143 e. The molecule has 0 heterocycles. The predicted octanol–water partition coefficient (Wildman–Crippen LogP) is 3.86. The van der Waals surface area contributed by atoms with Gasteiger partial charge >= 0.3 is 0 Å². The van der Waals surface area contributed by atoms with Gasteiger partial charge in [-0.2, -0.15) is 10.2 Å². The van der Waals surface area contributed by atoms with Crippen molar-refractivity contribution >= 4 is 35.6 Å². The molecule has 0 spiro atoms. The molecule has 0 bridgehead atoms. The summed E-state index contributed by atoms with van der Waals surface area (Å²) in [4.78, 5) is 0. The summed E-state index contributed by atoms with van der Waals surface area (Å²) < 4.78 is 0. The number of phenolic OH excluding ortho intramolecular Hbond substituents is 2. The third-order valence-electron chi connectivity index (χ3n) is 2.45. The zero-order chi connectivity index (χ0) is 14.5. The molecular formula is C14H10Cl2N2O2. The van der Waals surface area contributed by atoms with E-state index in [4.69, 9.17) is 23.2 Å². The molecule has 2 rings (SSSR count). The molecule has 20 heavy (non-hydrogen) atoms. The molecule has 0 aliphatic carbocycles. The molecule has 2 aromatic rings. The minimum absolute atomic E-state index is 0.111. The molecule has 0 saturated carbocycles. The standard InChI is InChI=1S/C14H10Cl2N2O2/c15-11-5-10(14(20)12(16)6-11)8-18-17-7-9-3-1-2-4-13(9)19/h1-8,19-20H. The van der Waals surface area contributed by atoms with Crippen molar-refractivity contribution in [2.75, 3.05) is 0 Å². The summed E-state index contributed by atoms with van der Waals surface area (Å²) in [5.41, 5.74) is 0.898. The Morgan fingerprint density at radius 2 is 1.55 bits per heavy atom. The molecule has 0 aliphatic heterocycles. The van der Waals surface area contributed by atoms with Gasteiger partial charge in [-0.3, -0.25) is 0 Å². The Hall–Kier alpha value is -2.04. The second kappa shape index (κ2) is 6.41. The maximum atomic E-state index is 9.71. The van der Waals surface area contributed by atoms with Crippen molar-refractivity contribution in [3.63, 3.8) is 0 Å². The van der Waals surface area contributed by atoms with E-state index < -0.39 is 0 Å². The maximum Gasteiger partial charge on any atom is 0.143 e. The van der Waals surface area contributed by atoms with Crippen molar-refractivity contribution in [1.82, 2.24) is 0 Å². The molecule has 0 saturated heterocycles. The van der Waals surface area contributed by atoms with Gasteiger partial charge in [0, 0.05) is 16.1 Å². The second-order valence-electron chi connectivity index (χ2n) is 3.87. The van der Waals surface area contributed by atoms with Gasteiger partial charge in [0.2, 0.25) is 0 Å². The largest absolute Gasteiger partial charge is 0.507 e. The first-order valence-corrected chi connectivity index (χ1v) is 6.36. The second-order valence-corrected chi connectivity index (χ2v) is 4.72. The lowest BCUT2D eigenvalue weighted by molar-refractivity contribution is 0.474. The van der Waals surface area contributed by atoms with E-state index in [1.54, 1.807) is 24.3 Å². The van der Waals surface area contributed by atoms with Crippen molar-refractivity contribution in [3.05, 3.63) is 57.6 Å². The number of para-hydroxylation sites is 1. The summed E-state index contributed by atoms with van der Waals surface area (Å²) in [6.07, 6.45) is 2.72. The summed E-state index contributed by atoms with van der Waals surface area (Å²) in [7, 11) is 0. The number of hydrogen-bond acceptors (Lipinski definition) is 4. The third kappa shape index (κ3) is 3.50. The molecule has 6 heteroatoms. The van der Waals surface area contributed by atoms with Crippen LogP contribution in [0.3, 0.4) is 0 Å². The molecule has 0 unspecified atom stereocenters. The van der Waals surface area contributed by atoms with Crippen molar-refractivity contribution in [1.29, 1.82) is 0 Å². The fraction of sp³-hybridized carbons (Fsp3) is 0. The topological polar surface area (TPSA) is 65.2 Å². The average molecular weight is 309 g/mol. The summed E-state index contributed by atoms with van der Waals surface area (Å²) in [6.45, 7) is 0. The van der Waals surface area contributed by atoms with E-state index in [9.17, 15) is 10.2 Å². The van der Waals surface area contributed by atoms with Crippen LogP contribution in [0.5, 0.6) is 11.5 Å². The summed E-state index contributed by atoms with van der Waals surface area (Å²) in [5, 5.41) is 27.3. The number of aromatic hydroxyl groups is 2. The van der Waals surface area contributed by atoms with E-state index in [2.05, 4.69) is 10.2 Å². The van der Waals surface area contributed by atoms with Crippen molar-refractivity contribution in [2.24, 2.45) is 10.2 Å². The predicted molar refractivity (Wildman–Crippen MR) is 81.4 cm³/mol. The van der Waals surface area contributed by atoms with Gasteiger partial charge in [-0.05, 0) is 24.3 Å². The molecule has 0 amide bonds.